The minimum absolute atomic E-state index is 0.670. The highest BCUT2D eigenvalue weighted by Gasteiger charge is 2.45. The predicted molar refractivity (Wildman–Crippen MR) is 98.0 cm³/mol. The summed E-state index contributed by atoms with van der Waals surface area (Å²) in [5.74, 6) is 0. The Labute approximate surface area is 143 Å². The maximum atomic E-state index is 6.19. The number of benzene rings is 1. The Bertz CT molecular complexity index is 404. The van der Waals surface area contributed by atoms with Crippen LogP contribution in [0.5, 0.6) is 0 Å². The van der Waals surface area contributed by atoms with E-state index in [2.05, 4.69) is 68.5 Å². The van der Waals surface area contributed by atoms with Gasteiger partial charge in [-0.1, -0.05) is 38.5 Å². The van der Waals surface area contributed by atoms with E-state index in [1.165, 1.54) is 5.56 Å². The lowest BCUT2D eigenvalue weighted by Gasteiger charge is -2.30. The van der Waals surface area contributed by atoms with Gasteiger partial charge in [-0.3, -0.25) is 0 Å². The van der Waals surface area contributed by atoms with Crippen LogP contribution in [-0.4, -0.2) is 28.6 Å². The molecule has 0 bridgehead atoms. The molecule has 0 amide bonds. The van der Waals surface area contributed by atoms with Gasteiger partial charge < -0.3 is 13.3 Å². The second-order valence-electron chi connectivity index (χ2n) is 5.08. The van der Waals surface area contributed by atoms with Gasteiger partial charge in [0.1, 0.15) is 0 Å². The number of rotatable bonds is 10. The van der Waals surface area contributed by atoms with Gasteiger partial charge in [0.2, 0.25) is 0 Å². The highest BCUT2D eigenvalue weighted by atomic mass is 127. The predicted octanol–water partition coefficient (Wildman–Crippen LogP) is 4.03. The van der Waals surface area contributed by atoms with Crippen molar-refractivity contribution in [1.29, 1.82) is 0 Å². The number of aryl methyl sites for hydroxylation is 1. The van der Waals surface area contributed by atoms with E-state index in [1.54, 1.807) is 0 Å². The van der Waals surface area contributed by atoms with Crippen LogP contribution in [-0.2, 0) is 13.3 Å². The average Bonchev–Trinajstić information content (AvgIpc) is 2.49. The summed E-state index contributed by atoms with van der Waals surface area (Å²) >= 11 is 2.35. The van der Waals surface area contributed by atoms with Crippen LogP contribution in [0.1, 0.15) is 45.6 Å². The summed E-state index contributed by atoms with van der Waals surface area (Å²) in [4.78, 5) is 0. The first-order valence-corrected chi connectivity index (χ1v) is 10.6. The second kappa shape index (κ2) is 9.94. The molecule has 0 spiro atoms. The first-order valence-electron chi connectivity index (χ1n) is 7.78. The van der Waals surface area contributed by atoms with Gasteiger partial charge >= 0.3 is 8.80 Å². The molecule has 0 unspecified atom stereocenters. The molecule has 120 valence electrons. The summed E-state index contributed by atoms with van der Waals surface area (Å²) in [5.41, 5.74) is 1.21. The first kappa shape index (κ1) is 19.1. The van der Waals surface area contributed by atoms with Crippen molar-refractivity contribution >= 4 is 36.6 Å². The Morgan fingerprint density at radius 2 is 1.38 bits per heavy atom. The van der Waals surface area contributed by atoms with Crippen molar-refractivity contribution < 1.29 is 13.3 Å². The van der Waals surface area contributed by atoms with Crippen LogP contribution in [0.25, 0.3) is 0 Å². The minimum Gasteiger partial charge on any atom is -0.370 e. The van der Waals surface area contributed by atoms with Crippen molar-refractivity contribution in [3.05, 3.63) is 27.3 Å². The van der Waals surface area contributed by atoms with Gasteiger partial charge in [-0.05, 0) is 54.8 Å². The van der Waals surface area contributed by atoms with Crippen molar-refractivity contribution in [2.45, 2.75) is 47.0 Å². The van der Waals surface area contributed by atoms with Crippen LogP contribution in [0, 0.1) is 10.5 Å². The van der Waals surface area contributed by atoms with Crippen molar-refractivity contribution in [2.75, 3.05) is 19.8 Å². The number of halogens is 1. The zero-order valence-electron chi connectivity index (χ0n) is 13.6. The Morgan fingerprint density at radius 3 is 1.81 bits per heavy atom. The van der Waals surface area contributed by atoms with Gasteiger partial charge in [-0.25, -0.2) is 0 Å². The highest BCUT2D eigenvalue weighted by Crippen LogP contribution is 2.17. The molecule has 0 radical (unpaired) electrons. The molecule has 0 aromatic heterocycles. The van der Waals surface area contributed by atoms with E-state index < -0.39 is 8.80 Å². The maximum absolute atomic E-state index is 6.19. The summed E-state index contributed by atoms with van der Waals surface area (Å²) in [6, 6.07) is 6.39. The lowest BCUT2D eigenvalue weighted by Crippen LogP contribution is -2.58. The van der Waals surface area contributed by atoms with Gasteiger partial charge in [0.05, 0.1) is 0 Å². The summed E-state index contributed by atoms with van der Waals surface area (Å²) in [7, 11) is -2.82. The molecule has 0 aliphatic carbocycles. The summed E-state index contributed by atoms with van der Waals surface area (Å²) in [6.45, 7) is 10.4. The van der Waals surface area contributed by atoms with E-state index in [0.717, 1.165) is 28.0 Å². The summed E-state index contributed by atoms with van der Waals surface area (Å²) in [6.07, 6.45) is 2.88. The fraction of sp³-hybridized carbons (Fsp3) is 0.625. The molecule has 1 aromatic rings. The van der Waals surface area contributed by atoms with E-state index in [1.807, 2.05) is 0 Å². The van der Waals surface area contributed by atoms with Crippen LogP contribution in [0.15, 0.2) is 18.2 Å². The normalized spacial score (nSPS) is 11.9. The van der Waals surface area contributed by atoms with Gasteiger partial charge in [-0.2, -0.15) is 0 Å². The molecule has 1 aromatic carbocycles. The van der Waals surface area contributed by atoms with Crippen molar-refractivity contribution in [2.24, 2.45) is 0 Å². The van der Waals surface area contributed by atoms with E-state index >= 15 is 0 Å². The Morgan fingerprint density at radius 1 is 0.905 bits per heavy atom. The van der Waals surface area contributed by atoms with E-state index in [9.17, 15) is 0 Å². The van der Waals surface area contributed by atoms with Crippen LogP contribution in [0.4, 0.5) is 0 Å². The number of hydrogen-bond acceptors (Lipinski definition) is 3. The smallest absolute Gasteiger partial charge is 0.370 e. The Balaban J connectivity index is 3.19. The standard InChI is InChI=1S/C16H27IO3Si/c1-5-10-18-21(19-11-6-2,20-12-7-3)16-13-14(4)8-9-15(16)17/h8-9,13H,5-7,10-12H2,1-4H3. The third-order valence-electron chi connectivity index (χ3n) is 2.94. The third kappa shape index (κ3) is 5.63. The molecule has 0 N–H and O–H groups in total. The highest BCUT2D eigenvalue weighted by molar-refractivity contribution is 14.1. The SMILES string of the molecule is CCCO[Si](OCCC)(OCCC)c1cc(C)ccc1I. The van der Waals surface area contributed by atoms with Crippen LogP contribution >= 0.6 is 22.6 Å². The monoisotopic (exact) mass is 422 g/mol. The van der Waals surface area contributed by atoms with Gasteiger partial charge in [-0.15, -0.1) is 0 Å². The number of hydrogen-bond donors (Lipinski definition) is 0. The quantitative estimate of drug-likeness (QED) is 0.421. The second-order valence-corrected chi connectivity index (χ2v) is 8.76. The van der Waals surface area contributed by atoms with Crippen LogP contribution in [0.3, 0.4) is 0 Å². The topological polar surface area (TPSA) is 27.7 Å². The molecule has 0 saturated carbocycles. The molecule has 0 aliphatic rings. The van der Waals surface area contributed by atoms with Crippen LogP contribution < -0.4 is 5.19 Å². The molecule has 0 atom stereocenters. The lowest BCUT2D eigenvalue weighted by atomic mass is 10.2. The third-order valence-corrected chi connectivity index (χ3v) is 7.22. The largest absolute Gasteiger partial charge is 0.538 e. The lowest BCUT2D eigenvalue weighted by molar-refractivity contribution is 0.0730. The Kier molecular flexibility index (Phi) is 9.04. The molecule has 1 rings (SSSR count). The zero-order valence-corrected chi connectivity index (χ0v) is 16.7. The van der Waals surface area contributed by atoms with Crippen LogP contribution in [0.2, 0.25) is 0 Å². The molecule has 0 fully saturated rings. The van der Waals surface area contributed by atoms with Crippen molar-refractivity contribution in [1.82, 2.24) is 0 Å². The van der Waals surface area contributed by atoms with E-state index in [-0.39, 0.29) is 0 Å². The molecule has 21 heavy (non-hydrogen) atoms. The van der Waals surface area contributed by atoms with Gasteiger partial charge in [0, 0.05) is 28.6 Å². The fourth-order valence-electron chi connectivity index (χ4n) is 1.94. The molecule has 0 aliphatic heterocycles. The molecule has 3 nitrogen and oxygen atoms in total. The summed E-state index contributed by atoms with van der Waals surface area (Å²) in [5, 5.41) is 1.11. The molecular weight excluding hydrogens is 395 g/mol. The summed E-state index contributed by atoms with van der Waals surface area (Å²) < 4.78 is 19.7. The zero-order chi connectivity index (χ0) is 15.7. The first-order chi connectivity index (χ1) is 10.1. The molecular formula is C16H27IO3Si. The van der Waals surface area contributed by atoms with Crippen molar-refractivity contribution in [3.8, 4) is 0 Å². The molecule has 0 saturated heterocycles. The average molecular weight is 422 g/mol. The van der Waals surface area contributed by atoms with Gasteiger partial charge in [0.15, 0.2) is 0 Å². The van der Waals surface area contributed by atoms with Gasteiger partial charge in [0.25, 0.3) is 0 Å². The minimum atomic E-state index is -2.82. The maximum Gasteiger partial charge on any atom is 0.538 e. The van der Waals surface area contributed by atoms with E-state index in [4.69, 9.17) is 13.3 Å². The fourth-order valence-corrected chi connectivity index (χ4v) is 6.18. The molecule has 0 heterocycles. The van der Waals surface area contributed by atoms with Crippen molar-refractivity contribution in [3.63, 3.8) is 0 Å². The Hall–Kier alpha value is 0.0469. The molecule has 5 heteroatoms. The van der Waals surface area contributed by atoms with E-state index in [0.29, 0.717) is 19.8 Å².